The number of aromatic hydroxyl groups is 1. The Balaban J connectivity index is 2.70. The lowest BCUT2D eigenvalue weighted by molar-refractivity contribution is 0.443. The summed E-state index contributed by atoms with van der Waals surface area (Å²) in [5.41, 5.74) is 2.10. The second-order valence-corrected chi connectivity index (χ2v) is 4.32. The van der Waals surface area contributed by atoms with Crippen molar-refractivity contribution in [2.24, 2.45) is 0 Å². The van der Waals surface area contributed by atoms with Crippen molar-refractivity contribution in [1.82, 2.24) is 4.98 Å². The predicted molar refractivity (Wildman–Crippen MR) is 62.5 cm³/mol. The highest BCUT2D eigenvalue weighted by Crippen LogP contribution is 2.27. The zero-order valence-electron chi connectivity index (χ0n) is 9.39. The minimum atomic E-state index is -0.342. The molecule has 0 aromatic carbocycles. The topological polar surface area (TPSA) is 76.9 Å². The summed E-state index contributed by atoms with van der Waals surface area (Å²) in [5.74, 6) is -0.00750. The number of H-pyrrole nitrogens is 1. The Kier molecular flexibility index (Phi) is 2.81. The number of hydrogen-bond acceptors (Lipinski definition) is 3. The van der Waals surface area contributed by atoms with Crippen LogP contribution in [0, 0.1) is 5.41 Å². The molecule has 2 rings (SSSR count). The fourth-order valence-corrected chi connectivity index (χ4v) is 2.40. The molecular formula is C12H16N2O2. The Bertz CT molecular complexity index is 489. The van der Waals surface area contributed by atoms with Crippen LogP contribution < -0.4 is 5.56 Å². The number of rotatable bonds is 1. The van der Waals surface area contributed by atoms with E-state index in [2.05, 4.69) is 4.98 Å². The van der Waals surface area contributed by atoms with Crippen LogP contribution in [0.5, 0.6) is 5.88 Å². The van der Waals surface area contributed by atoms with Crippen molar-refractivity contribution >= 4 is 5.71 Å². The lowest BCUT2D eigenvalue weighted by atomic mass is 9.97. The van der Waals surface area contributed by atoms with Gasteiger partial charge >= 0.3 is 0 Å². The average molecular weight is 220 g/mol. The lowest BCUT2D eigenvalue weighted by Gasteiger charge is -2.12. The molecule has 4 nitrogen and oxygen atoms in total. The molecule has 1 aliphatic carbocycles. The summed E-state index contributed by atoms with van der Waals surface area (Å²) in [4.78, 5) is 14.1. The number of hydrogen-bond donors (Lipinski definition) is 3. The number of fused-ring (bicyclic) bond motifs is 1. The van der Waals surface area contributed by atoms with E-state index in [9.17, 15) is 9.90 Å². The maximum atomic E-state index is 11.7. The first-order chi connectivity index (χ1) is 7.61. The minimum absolute atomic E-state index is 0.00750. The summed E-state index contributed by atoms with van der Waals surface area (Å²) in [6.45, 7) is 1.62. The van der Waals surface area contributed by atoms with E-state index in [1.165, 1.54) is 0 Å². The second kappa shape index (κ2) is 4.12. The Morgan fingerprint density at radius 3 is 2.50 bits per heavy atom. The Labute approximate surface area is 93.8 Å². The second-order valence-electron chi connectivity index (χ2n) is 4.32. The molecule has 0 amide bonds. The molecule has 3 N–H and O–H groups in total. The highest BCUT2D eigenvalue weighted by atomic mass is 16.3. The van der Waals surface area contributed by atoms with Crippen LogP contribution in [0.3, 0.4) is 0 Å². The summed E-state index contributed by atoms with van der Waals surface area (Å²) in [5, 5.41) is 17.4. The van der Waals surface area contributed by atoms with Gasteiger partial charge in [-0.05, 0) is 38.2 Å². The van der Waals surface area contributed by atoms with Crippen LogP contribution in [-0.2, 0) is 12.8 Å². The smallest absolute Gasteiger partial charge is 0.260 e. The highest BCUT2D eigenvalue weighted by Gasteiger charge is 2.19. The van der Waals surface area contributed by atoms with Gasteiger partial charge in [0.1, 0.15) is 0 Å². The largest absolute Gasteiger partial charge is 0.494 e. The molecule has 0 unspecified atom stereocenters. The average Bonchev–Trinajstić information content (AvgIpc) is 2.42. The molecule has 1 heterocycles. The fourth-order valence-electron chi connectivity index (χ4n) is 2.40. The molecule has 4 heteroatoms. The first-order valence-electron chi connectivity index (χ1n) is 5.63. The van der Waals surface area contributed by atoms with Crippen LogP contribution >= 0.6 is 0 Å². The van der Waals surface area contributed by atoms with Crippen LogP contribution in [0.2, 0.25) is 0 Å². The van der Waals surface area contributed by atoms with E-state index in [-0.39, 0.29) is 17.2 Å². The summed E-state index contributed by atoms with van der Waals surface area (Å²) in [6.07, 6.45) is 4.74. The zero-order valence-corrected chi connectivity index (χ0v) is 9.39. The molecule has 1 aromatic rings. The van der Waals surface area contributed by atoms with Crippen molar-refractivity contribution in [2.45, 2.75) is 39.0 Å². The SMILES string of the molecule is CC(=N)c1c2c(c(O)[nH]c1=O)CCCCC2. The van der Waals surface area contributed by atoms with Crippen LogP contribution in [0.1, 0.15) is 42.9 Å². The lowest BCUT2D eigenvalue weighted by Crippen LogP contribution is -2.20. The molecule has 1 aliphatic rings. The van der Waals surface area contributed by atoms with Gasteiger partial charge in [0, 0.05) is 11.3 Å². The van der Waals surface area contributed by atoms with Crippen molar-refractivity contribution in [3.05, 3.63) is 27.0 Å². The summed E-state index contributed by atoms with van der Waals surface area (Å²) < 4.78 is 0. The maximum Gasteiger partial charge on any atom is 0.260 e. The fraction of sp³-hybridized carbons (Fsp3) is 0.500. The minimum Gasteiger partial charge on any atom is -0.494 e. The third kappa shape index (κ3) is 1.75. The van der Waals surface area contributed by atoms with Gasteiger partial charge in [0.05, 0.1) is 5.56 Å². The highest BCUT2D eigenvalue weighted by molar-refractivity contribution is 5.97. The van der Waals surface area contributed by atoms with Gasteiger partial charge in [-0.1, -0.05) is 6.42 Å². The van der Waals surface area contributed by atoms with Gasteiger partial charge in [-0.3, -0.25) is 9.78 Å². The van der Waals surface area contributed by atoms with E-state index in [0.29, 0.717) is 5.56 Å². The standard InChI is InChI=1S/C12H16N2O2/c1-7(13)10-8-5-3-2-4-6-9(8)11(15)14-12(10)16/h13H,2-6H2,1H3,(H2,14,15,16). The summed E-state index contributed by atoms with van der Waals surface area (Å²) in [7, 11) is 0. The van der Waals surface area contributed by atoms with E-state index in [0.717, 1.165) is 43.2 Å². The zero-order chi connectivity index (χ0) is 11.7. The third-order valence-electron chi connectivity index (χ3n) is 3.14. The Hall–Kier alpha value is -1.58. The van der Waals surface area contributed by atoms with Crippen molar-refractivity contribution in [3.8, 4) is 5.88 Å². The molecular weight excluding hydrogens is 204 g/mol. The van der Waals surface area contributed by atoms with Crippen LogP contribution in [0.25, 0.3) is 0 Å². The third-order valence-corrected chi connectivity index (χ3v) is 3.14. The van der Waals surface area contributed by atoms with E-state index >= 15 is 0 Å². The first kappa shape index (κ1) is 10.9. The van der Waals surface area contributed by atoms with Crippen LogP contribution in [0.15, 0.2) is 4.79 Å². The first-order valence-corrected chi connectivity index (χ1v) is 5.63. The summed E-state index contributed by atoms with van der Waals surface area (Å²) in [6, 6.07) is 0. The van der Waals surface area contributed by atoms with Gasteiger partial charge in [0.15, 0.2) is 5.88 Å². The monoisotopic (exact) mass is 220 g/mol. The van der Waals surface area contributed by atoms with E-state index in [1.807, 2.05) is 0 Å². The molecule has 0 spiro atoms. The van der Waals surface area contributed by atoms with Gasteiger partial charge in [0.2, 0.25) is 0 Å². The molecule has 0 aliphatic heterocycles. The Morgan fingerprint density at radius 1 is 1.25 bits per heavy atom. The van der Waals surface area contributed by atoms with Gasteiger partial charge in [-0.25, -0.2) is 0 Å². The predicted octanol–water partition coefficient (Wildman–Crippen LogP) is 1.74. The number of aromatic amines is 1. The molecule has 0 saturated heterocycles. The van der Waals surface area contributed by atoms with E-state index in [4.69, 9.17) is 5.41 Å². The van der Waals surface area contributed by atoms with E-state index < -0.39 is 0 Å². The Morgan fingerprint density at radius 2 is 1.88 bits per heavy atom. The van der Waals surface area contributed by atoms with Crippen molar-refractivity contribution < 1.29 is 5.11 Å². The van der Waals surface area contributed by atoms with Gasteiger partial charge < -0.3 is 10.5 Å². The van der Waals surface area contributed by atoms with Crippen LogP contribution in [0.4, 0.5) is 0 Å². The molecule has 0 bridgehead atoms. The van der Waals surface area contributed by atoms with Crippen molar-refractivity contribution in [1.29, 1.82) is 5.41 Å². The van der Waals surface area contributed by atoms with Gasteiger partial charge in [-0.2, -0.15) is 0 Å². The van der Waals surface area contributed by atoms with Crippen molar-refractivity contribution in [3.63, 3.8) is 0 Å². The van der Waals surface area contributed by atoms with Crippen LogP contribution in [-0.4, -0.2) is 15.8 Å². The van der Waals surface area contributed by atoms with E-state index in [1.54, 1.807) is 6.92 Å². The molecule has 0 fully saturated rings. The number of aromatic nitrogens is 1. The van der Waals surface area contributed by atoms with Gasteiger partial charge in [-0.15, -0.1) is 0 Å². The molecule has 16 heavy (non-hydrogen) atoms. The molecule has 0 atom stereocenters. The number of pyridine rings is 1. The molecule has 86 valence electrons. The maximum absolute atomic E-state index is 11.7. The molecule has 1 aromatic heterocycles. The molecule has 0 saturated carbocycles. The van der Waals surface area contributed by atoms with Crippen molar-refractivity contribution in [2.75, 3.05) is 0 Å². The quantitative estimate of drug-likeness (QED) is 0.498. The van der Waals surface area contributed by atoms with Gasteiger partial charge in [0.25, 0.3) is 5.56 Å². The normalized spacial score (nSPS) is 15.3. The summed E-state index contributed by atoms with van der Waals surface area (Å²) >= 11 is 0. The number of nitrogens with one attached hydrogen (secondary N) is 2. The molecule has 0 radical (unpaired) electrons.